The van der Waals surface area contributed by atoms with Gasteiger partial charge in [-0.2, -0.15) is 41.3 Å². The van der Waals surface area contributed by atoms with Crippen molar-refractivity contribution in [2.45, 2.75) is 12.4 Å². The van der Waals surface area contributed by atoms with Crippen LogP contribution in [0.4, 0.5) is 38.2 Å². The van der Waals surface area contributed by atoms with Crippen LogP contribution in [0.1, 0.15) is 5.69 Å². The average Bonchev–Trinajstić information content (AvgIpc) is 3.05. The summed E-state index contributed by atoms with van der Waals surface area (Å²) < 4.78 is 84.3. The highest BCUT2D eigenvalue weighted by atomic mass is 19.4. The van der Waals surface area contributed by atoms with Crippen LogP contribution >= 0.6 is 0 Å². The van der Waals surface area contributed by atoms with Crippen molar-refractivity contribution in [3.05, 3.63) is 47.8 Å². The zero-order valence-corrected chi connectivity index (χ0v) is 17.4. The topological polar surface area (TPSA) is 88.4 Å². The molecule has 0 radical (unpaired) electrons. The molecule has 2 aliphatic rings. The Morgan fingerprint density at radius 3 is 2.41 bits per heavy atom. The molecule has 4 rings (SSSR count). The van der Waals surface area contributed by atoms with Gasteiger partial charge in [0.25, 0.3) is 5.95 Å². The van der Waals surface area contributed by atoms with Crippen LogP contribution in [-0.2, 0) is 10.9 Å². The highest BCUT2D eigenvalue weighted by Gasteiger charge is 2.34. The molecule has 34 heavy (non-hydrogen) atoms. The number of aliphatic imine (C=N–C) groups is 1. The maximum atomic E-state index is 13.2. The van der Waals surface area contributed by atoms with Gasteiger partial charge < -0.3 is 15.0 Å². The highest BCUT2D eigenvalue weighted by molar-refractivity contribution is 6.05. The first-order valence-corrected chi connectivity index (χ1v) is 10.0. The molecule has 0 aromatic carbocycles. The number of hydrogen-bond acceptors (Lipinski definition) is 8. The Hall–Kier alpha value is -3.55. The van der Waals surface area contributed by atoms with Crippen molar-refractivity contribution in [3.63, 3.8) is 0 Å². The third-order valence-corrected chi connectivity index (χ3v) is 4.70. The van der Waals surface area contributed by atoms with Crippen LogP contribution in [-0.4, -0.2) is 64.7 Å². The van der Waals surface area contributed by atoms with Crippen LogP contribution < -0.4 is 10.2 Å². The zero-order valence-electron chi connectivity index (χ0n) is 17.4. The number of ether oxygens (including phenoxy) is 1. The molecule has 2 aliphatic heterocycles. The van der Waals surface area contributed by atoms with Gasteiger partial charge in [0, 0.05) is 19.6 Å². The van der Waals surface area contributed by atoms with Gasteiger partial charge in [-0.05, 0) is 24.3 Å². The lowest BCUT2D eigenvalue weighted by Crippen LogP contribution is -2.37. The summed E-state index contributed by atoms with van der Waals surface area (Å²) in [6.45, 7) is 1.48. The van der Waals surface area contributed by atoms with Crippen LogP contribution in [0.2, 0.25) is 0 Å². The molecule has 14 heteroatoms. The number of allylic oxidation sites excluding steroid dienone is 3. The molecule has 1 N–H and O–H groups in total. The first-order chi connectivity index (χ1) is 16.1. The number of anilines is 1. The second-order valence-corrected chi connectivity index (χ2v) is 7.14. The molecule has 8 nitrogen and oxygen atoms in total. The minimum Gasteiger partial charge on any atom is -0.378 e. The van der Waals surface area contributed by atoms with Gasteiger partial charge in [0.2, 0.25) is 5.95 Å². The van der Waals surface area contributed by atoms with E-state index < -0.39 is 23.7 Å². The van der Waals surface area contributed by atoms with Gasteiger partial charge in [0.15, 0.2) is 5.82 Å². The molecule has 0 spiro atoms. The number of halogens is 6. The summed E-state index contributed by atoms with van der Waals surface area (Å²) in [5.74, 6) is -0.370. The first-order valence-electron chi connectivity index (χ1n) is 10.0. The number of rotatable bonds is 3. The molecule has 2 aromatic heterocycles. The minimum atomic E-state index is -4.68. The number of morpholine rings is 1. The summed E-state index contributed by atoms with van der Waals surface area (Å²) >= 11 is 0. The molecule has 180 valence electrons. The predicted molar refractivity (Wildman–Crippen MR) is 109 cm³/mol. The van der Waals surface area contributed by atoms with Crippen LogP contribution in [0.25, 0.3) is 11.5 Å². The molecule has 0 amide bonds. The summed E-state index contributed by atoms with van der Waals surface area (Å²) in [5, 5.41) is 2.23. The summed E-state index contributed by atoms with van der Waals surface area (Å²) in [6.07, 6.45) is -5.72. The van der Waals surface area contributed by atoms with Gasteiger partial charge in [-0.25, -0.2) is 9.98 Å². The standard InChI is InChI=1S/C20H17F6N7O/c21-19(22,23)14-5-1-4-13(29-14)16-30-17(32-18(31-16)33-7-9-34-10-8-33)28-12-3-2-6-27-15(11-12)20(24,25)26/h1-5,11,27H,6-10H2. The fraction of sp³-hybridized carbons (Fsp3) is 0.350. The van der Waals surface area contributed by atoms with E-state index in [1.807, 2.05) is 0 Å². The van der Waals surface area contributed by atoms with Crippen molar-refractivity contribution >= 4 is 17.6 Å². The number of alkyl halides is 6. The van der Waals surface area contributed by atoms with Gasteiger partial charge >= 0.3 is 12.4 Å². The van der Waals surface area contributed by atoms with E-state index in [0.717, 1.165) is 18.2 Å². The number of pyridine rings is 1. The van der Waals surface area contributed by atoms with E-state index in [-0.39, 0.29) is 35.7 Å². The fourth-order valence-electron chi connectivity index (χ4n) is 3.10. The Balaban J connectivity index is 1.80. The van der Waals surface area contributed by atoms with Crippen molar-refractivity contribution in [2.75, 3.05) is 37.7 Å². The maximum absolute atomic E-state index is 13.2. The van der Waals surface area contributed by atoms with Crippen LogP contribution in [0.3, 0.4) is 0 Å². The first kappa shape index (κ1) is 23.6. The van der Waals surface area contributed by atoms with E-state index in [2.05, 4.69) is 30.2 Å². The van der Waals surface area contributed by atoms with Crippen molar-refractivity contribution in [1.82, 2.24) is 25.3 Å². The molecule has 0 bridgehead atoms. The second-order valence-electron chi connectivity index (χ2n) is 7.14. The zero-order chi connectivity index (χ0) is 24.3. The van der Waals surface area contributed by atoms with E-state index in [1.165, 1.54) is 18.2 Å². The molecule has 0 unspecified atom stereocenters. The molecule has 1 saturated heterocycles. The number of nitrogens with one attached hydrogen (secondary N) is 1. The highest BCUT2D eigenvalue weighted by Crippen LogP contribution is 2.30. The van der Waals surface area contributed by atoms with Crippen LogP contribution in [0.5, 0.6) is 0 Å². The van der Waals surface area contributed by atoms with Crippen molar-refractivity contribution in [3.8, 4) is 11.5 Å². The van der Waals surface area contributed by atoms with E-state index >= 15 is 0 Å². The van der Waals surface area contributed by atoms with Crippen molar-refractivity contribution in [2.24, 2.45) is 4.99 Å². The van der Waals surface area contributed by atoms with E-state index in [9.17, 15) is 26.3 Å². The number of hydrogen-bond donors (Lipinski definition) is 1. The van der Waals surface area contributed by atoms with Gasteiger partial charge in [-0.3, -0.25) is 0 Å². The summed E-state index contributed by atoms with van der Waals surface area (Å²) in [7, 11) is 0. The Kier molecular flexibility index (Phi) is 6.50. The number of aromatic nitrogens is 4. The maximum Gasteiger partial charge on any atom is 0.433 e. The molecular formula is C20H17F6N7O. The Morgan fingerprint density at radius 1 is 0.941 bits per heavy atom. The fourth-order valence-corrected chi connectivity index (χ4v) is 3.10. The average molecular weight is 485 g/mol. The molecule has 0 atom stereocenters. The Bertz CT molecular complexity index is 1140. The summed E-state index contributed by atoms with van der Waals surface area (Å²) in [6, 6.07) is 3.26. The van der Waals surface area contributed by atoms with E-state index in [1.54, 1.807) is 4.90 Å². The van der Waals surface area contributed by atoms with E-state index in [0.29, 0.717) is 26.3 Å². The minimum absolute atomic E-state index is 0.0694. The van der Waals surface area contributed by atoms with Gasteiger partial charge in [-0.1, -0.05) is 12.1 Å². The van der Waals surface area contributed by atoms with E-state index in [4.69, 9.17) is 4.74 Å². The quantitative estimate of drug-likeness (QED) is 0.667. The monoisotopic (exact) mass is 485 g/mol. The molecule has 4 heterocycles. The van der Waals surface area contributed by atoms with Crippen LogP contribution in [0, 0.1) is 0 Å². The Morgan fingerprint density at radius 2 is 1.71 bits per heavy atom. The van der Waals surface area contributed by atoms with Gasteiger partial charge in [-0.15, -0.1) is 0 Å². The number of nitrogens with zero attached hydrogens (tertiary/aromatic N) is 6. The van der Waals surface area contributed by atoms with Crippen LogP contribution in [0.15, 0.2) is 47.1 Å². The molecule has 0 aliphatic carbocycles. The van der Waals surface area contributed by atoms with Crippen molar-refractivity contribution < 1.29 is 31.1 Å². The normalized spacial score (nSPS) is 18.5. The lowest BCUT2D eigenvalue weighted by atomic mass is 10.3. The van der Waals surface area contributed by atoms with Gasteiger partial charge in [0.1, 0.15) is 17.1 Å². The molecular weight excluding hydrogens is 468 g/mol. The lowest BCUT2D eigenvalue weighted by molar-refractivity contribution is -0.141. The van der Waals surface area contributed by atoms with Gasteiger partial charge in [0.05, 0.1) is 18.9 Å². The Labute approximate surface area is 189 Å². The van der Waals surface area contributed by atoms with Crippen molar-refractivity contribution in [1.29, 1.82) is 0 Å². The largest absolute Gasteiger partial charge is 0.433 e. The third-order valence-electron chi connectivity index (χ3n) is 4.70. The summed E-state index contributed by atoms with van der Waals surface area (Å²) in [4.78, 5) is 21.9. The molecule has 1 fully saturated rings. The second kappa shape index (κ2) is 9.37. The lowest BCUT2D eigenvalue weighted by Gasteiger charge is -2.26. The molecule has 0 saturated carbocycles. The predicted octanol–water partition coefficient (Wildman–Crippen LogP) is 3.47. The SMILES string of the molecule is FC(F)(F)C1=CC(=Nc2nc(-c3cccc(C(F)(F)F)n3)nc(N3CCOCC3)n2)C=CCN1. The smallest absolute Gasteiger partial charge is 0.378 e. The molecule has 2 aromatic rings. The third kappa shape index (κ3) is 5.68. The summed E-state index contributed by atoms with van der Waals surface area (Å²) in [5.41, 5.74) is -2.42.